The van der Waals surface area contributed by atoms with Gasteiger partial charge in [-0.05, 0) is 6.42 Å². The lowest BCUT2D eigenvalue weighted by atomic mass is 10.2. The second-order valence-corrected chi connectivity index (χ2v) is 3.98. The molecule has 15 heavy (non-hydrogen) atoms. The molecule has 0 bridgehead atoms. The van der Waals surface area contributed by atoms with Gasteiger partial charge in [-0.3, -0.25) is 4.68 Å². The van der Waals surface area contributed by atoms with Crippen molar-refractivity contribution >= 4 is 22.8 Å². The van der Waals surface area contributed by atoms with Gasteiger partial charge in [0.1, 0.15) is 11.3 Å². The fourth-order valence-corrected chi connectivity index (χ4v) is 2.14. The molecule has 0 radical (unpaired) electrons. The van der Waals surface area contributed by atoms with E-state index in [1.165, 1.54) is 0 Å². The van der Waals surface area contributed by atoms with Crippen molar-refractivity contribution in [2.24, 2.45) is 14.1 Å². The predicted octanol–water partition coefficient (Wildman–Crippen LogP) is 2.00. The molecule has 0 N–H and O–H groups in total. The zero-order chi connectivity index (χ0) is 11.0. The zero-order valence-electron chi connectivity index (χ0n) is 9.29. The van der Waals surface area contributed by atoms with Crippen molar-refractivity contribution in [1.29, 1.82) is 0 Å². The van der Waals surface area contributed by atoms with Crippen molar-refractivity contribution in [2.75, 3.05) is 0 Å². The third-order valence-corrected chi connectivity index (χ3v) is 2.85. The van der Waals surface area contributed by atoms with Gasteiger partial charge in [0.25, 0.3) is 0 Å². The maximum Gasteiger partial charge on any atom is 0.158 e. The van der Waals surface area contributed by atoms with E-state index in [4.69, 9.17) is 11.6 Å². The zero-order valence-corrected chi connectivity index (χ0v) is 10.0. The number of rotatable bonds is 3. The number of hydrogen-bond acceptors (Lipinski definition) is 2. The Hall–Kier alpha value is -1.03. The Morgan fingerprint density at radius 2 is 2.07 bits per heavy atom. The molecule has 5 heteroatoms. The summed E-state index contributed by atoms with van der Waals surface area (Å²) < 4.78 is 3.89. The molecule has 2 rings (SSSR count). The van der Waals surface area contributed by atoms with E-state index < -0.39 is 0 Å². The molecule has 2 aromatic rings. The molecular formula is C10H15ClN4. The van der Waals surface area contributed by atoms with E-state index in [9.17, 15) is 0 Å². The van der Waals surface area contributed by atoms with Gasteiger partial charge in [-0.15, -0.1) is 11.6 Å². The molecule has 0 atom stereocenters. The lowest BCUT2D eigenvalue weighted by molar-refractivity contribution is 0.717. The van der Waals surface area contributed by atoms with Crippen molar-refractivity contribution < 1.29 is 0 Å². The summed E-state index contributed by atoms with van der Waals surface area (Å²) >= 11 is 5.83. The maximum atomic E-state index is 5.83. The van der Waals surface area contributed by atoms with Gasteiger partial charge >= 0.3 is 0 Å². The largest absolute Gasteiger partial charge is 0.315 e. The van der Waals surface area contributed by atoms with Crippen molar-refractivity contribution in [3.8, 4) is 0 Å². The summed E-state index contributed by atoms with van der Waals surface area (Å²) in [5, 5.41) is 4.47. The smallest absolute Gasteiger partial charge is 0.158 e. The van der Waals surface area contributed by atoms with Crippen LogP contribution in [-0.4, -0.2) is 19.3 Å². The number of aromatic nitrogens is 4. The quantitative estimate of drug-likeness (QED) is 0.751. The molecule has 2 heterocycles. The van der Waals surface area contributed by atoms with Gasteiger partial charge in [-0.2, -0.15) is 5.10 Å². The molecule has 0 aliphatic carbocycles. The molecule has 2 aromatic heterocycles. The van der Waals surface area contributed by atoms with Crippen LogP contribution in [-0.2, 0) is 26.4 Å². The highest BCUT2D eigenvalue weighted by molar-refractivity contribution is 6.16. The summed E-state index contributed by atoms with van der Waals surface area (Å²) in [6.45, 7) is 2.14. The number of nitrogens with zero attached hydrogens (tertiary/aromatic N) is 4. The molecule has 0 aliphatic rings. The third kappa shape index (κ3) is 1.53. The topological polar surface area (TPSA) is 35.6 Å². The van der Waals surface area contributed by atoms with Gasteiger partial charge in [-0.25, -0.2) is 4.98 Å². The lowest BCUT2D eigenvalue weighted by Gasteiger charge is -1.98. The van der Waals surface area contributed by atoms with Crippen LogP contribution < -0.4 is 0 Å². The summed E-state index contributed by atoms with van der Waals surface area (Å²) in [7, 11) is 3.92. The van der Waals surface area contributed by atoms with Crippen molar-refractivity contribution in [2.45, 2.75) is 25.6 Å². The van der Waals surface area contributed by atoms with Crippen LogP contribution in [0.1, 0.15) is 24.9 Å². The van der Waals surface area contributed by atoms with E-state index in [0.29, 0.717) is 5.88 Å². The minimum Gasteiger partial charge on any atom is -0.315 e. The Morgan fingerprint density at radius 1 is 1.33 bits per heavy atom. The van der Waals surface area contributed by atoms with E-state index in [-0.39, 0.29) is 0 Å². The van der Waals surface area contributed by atoms with Crippen LogP contribution in [0.2, 0.25) is 0 Å². The number of halogens is 1. The summed E-state index contributed by atoms with van der Waals surface area (Å²) in [6, 6.07) is 0. The highest BCUT2D eigenvalue weighted by atomic mass is 35.5. The van der Waals surface area contributed by atoms with Crippen LogP contribution in [0.3, 0.4) is 0 Å². The first-order valence-electron chi connectivity index (χ1n) is 5.12. The summed E-state index contributed by atoms with van der Waals surface area (Å²) in [5.41, 5.74) is 3.12. The highest BCUT2D eigenvalue weighted by Crippen LogP contribution is 2.20. The van der Waals surface area contributed by atoms with Crippen LogP contribution in [0.15, 0.2) is 0 Å². The molecule has 0 amide bonds. The Labute approximate surface area is 93.9 Å². The van der Waals surface area contributed by atoms with Crippen LogP contribution in [0, 0.1) is 0 Å². The van der Waals surface area contributed by atoms with Crippen molar-refractivity contribution in [3.63, 3.8) is 0 Å². The van der Waals surface area contributed by atoms with Crippen LogP contribution in [0.4, 0.5) is 0 Å². The molecule has 0 aliphatic heterocycles. The normalized spacial score (nSPS) is 11.5. The minimum atomic E-state index is 0.441. The molecule has 0 unspecified atom stereocenters. The first-order chi connectivity index (χ1) is 7.19. The summed E-state index contributed by atoms with van der Waals surface area (Å²) in [5.74, 6) is 1.34. The average Bonchev–Trinajstić information content (AvgIpc) is 2.68. The standard InChI is InChI=1S/C10H15ClN4/c1-4-5-7-9-10(15(3)13-7)14(2)8(6-11)12-9/h4-6H2,1-3H3. The van der Waals surface area contributed by atoms with E-state index in [0.717, 1.165) is 35.5 Å². The fourth-order valence-electron chi connectivity index (χ4n) is 1.90. The van der Waals surface area contributed by atoms with Crippen molar-refractivity contribution in [3.05, 3.63) is 11.5 Å². The van der Waals surface area contributed by atoms with Gasteiger partial charge < -0.3 is 4.57 Å². The second-order valence-electron chi connectivity index (χ2n) is 3.71. The molecule has 0 aromatic carbocycles. The number of aryl methyl sites for hydroxylation is 3. The van der Waals surface area contributed by atoms with E-state index in [1.807, 2.05) is 23.3 Å². The van der Waals surface area contributed by atoms with E-state index in [2.05, 4.69) is 17.0 Å². The van der Waals surface area contributed by atoms with E-state index in [1.54, 1.807) is 0 Å². The van der Waals surface area contributed by atoms with E-state index >= 15 is 0 Å². The van der Waals surface area contributed by atoms with Crippen LogP contribution in [0.25, 0.3) is 11.2 Å². The molecule has 0 spiro atoms. The molecule has 0 saturated heterocycles. The van der Waals surface area contributed by atoms with Gasteiger partial charge in [0.15, 0.2) is 5.65 Å². The average molecular weight is 227 g/mol. The Morgan fingerprint density at radius 3 is 2.67 bits per heavy atom. The van der Waals surface area contributed by atoms with Crippen LogP contribution >= 0.6 is 11.6 Å². The first kappa shape index (κ1) is 10.5. The Bertz CT molecular complexity index is 483. The van der Waals surface area contributed by atoms with Gasteiger partial charge in [0, 0.05) is 14.1 Å². The maximum absolute atomic E-state index is 5.83. The van der Waals surface area contributed by atoms with Crippen LogP contribution in [0.5, 0.6) is 0 Å². The molecular weight excluding hydrogens is 212 g/mol. The first-order valence-corrected chi connectivity index (χ1v) is 5.65. The molecule has 82 valence electrons. The predicted molar refractivity (Wildman–Crippen MR) is 61.0 cm³/mol. The van der Waals surface area contributed by atoms with Gasteiger partial charge in [0.05, 0.1) is 11.6 Å². The monoisotopic (exact) mass is 226 g/mol. The van der Waals surface area contributed by atoms with Gasteiger partial charge in [0.2, 0.25) is 0 Å². The SMILES string of the molecule is CCCc1nn(C)c2c1nc(CCl)n2C. The van der Waals surface area contributed by atoms with Crippen molar-refractivity contribution in [1.82, 2.24) is 19.3 Å². The molecule has 0 saturated carbocycles. The number of fused-ring (bicyclic) bond motifs is 1. The minimum absolute atomic E-state index is 0.441. The highest BCUT2D eigenvalue weighted by Gasteiger charge is 2.15. The number of imidazole rings is 1. The molecule has 0 fully saturated rings. The third-order valence-electron chi connectivity index (χ3n) is 2.61. The second kappa shape index (κ2) is 3.85. The Balaban J connectivity index is 2.66. The number of hydrogen-bond donors (Lipinski definition) is 0. The fraction of sp³-hybridized carbons (Fsp3) is 0.600. The lowest BCUT2D eigenvalue weighted by Crippen LogP contribution is -2.01. The number of alkyl halides is 1. The summed E-state index contributed by atoms with van der Waals surface area (Å²) in [4.78, 5) is 4.52. The van der Waals surface area contributed by atoms with Gasteiger partial charge in [-0.1, -0.05) is 13.3 Å². The Kier molecular flexibility index (Phi) is 2.69. The molecule has 4 nitrogen and oxygen atoms in total. The summed E-state index contributed by atoms with van der Waals surface area (Å²) in [6.07, 6.45) is 2.05.